The highest BCUT2D eigenvalue weighted by atomic mass is 127. The van der Waals surface area contributed by atoms with Gasteiger partial charge in [0.25, 0.3) is 0 Å². The number of benzene rings is 1. The second-order valence-electron chi connectivity index (χ2n) is 8.53. The summed E-state index contributed by atoms with van der Waals surface area (Å²) in [5.41, 5.74) is 3.84. The first-order valence-electron chi connectivity index (χ1n) is 11.7. The predicted octanol–water partition coefficient (Wildman–Crippen LogP) is 3.56. The topological polar surface area (TPSA) is 57.9 Å². The Morgan fingerprint density at radius 3 is 2.66 bits per heavy atom. The van der Waals surface area contributed by atoms with Crippen molar-refractivity contribution < 1.29 is 4.74 Å². The van der Waals surface area contributed by atoms with Crippen molar-refractivity contribution in [1.29, 1.82) is 0 Å². The number of nitrogens with zero attached hydrogens (tertiary/aromatic N) is 5. The first-order valence-corrected chi connectivity index (χ1v) is 11.7. The molecule has 1 N–H and O–H groups in total. The fraction of sp³-hybridized carbons (Fsp3) is 0.583. The van der Waals surface area contributed by atoms with Crippen LogP contribution in [0.4, 0.5) is 0 Å². The third-order valence-corrected chi connectivity index (χ3v) is 6.16. The minimum atomic E-state index is 0. The fourth-order valence-corrected chi connectivity index (χ4v) is 4.46. The number of hydrogen-bond acceptors (Lipinski definition) is 4. The van der Waals surface area contributed by atoms with Crippen LogP contribution in [0.25, 0.3) is 0 Å². The molecule has 4 rings (SSSR count). The van der Waals surface area contributed by atoms with Crippen molar-refractivity contribution in [2.45, 2.75) is 45.4 Å². The van der Waals surface area contributed by atoms with Gasteiger partial charge < -0.3 is 15.0 Å². The number of rotatable bonds is 6. The highest BCUT2D eigenvalue weighted by molar-refractivity contribution is 14.0. The van der Waals surface area contributed by atoms with Crippen molar-refractivity contribution >= 4 is 29.9 Å². The van der Waals surface area contributed by atoms with E-state index in [0.29, 0.717) is 13.2 Å². The Hall–Kier alpha value is -1.65. The Bertz CT molecular complexity index is 864. The van der Waals surface area contributed by atoms with Gasteiger partial charge in [-0.05, 0) is 44.0 Å². The number of hydrogen-bond donors (Lipinski definition) is 1. The molecule has 1 unspecified atom stereocenters. The largest absolute Gasteiger partial charge is 0.370 e. The molecular weight excluding hydrogens is 515 g/mol. The third-order valence-electron chi connectivity index (χ3n) is 6.16. The van der Waals surface area contributed by atoms with Crippen molar-refractivity contribution in [2.24, 2.45) is 12.0 Å². The number of aliphatic imine (C=N–C) groups is 1. The minimum Gasteiger partial charge on any atom is -0.370 e. The highest BCUT2D eigenvalue weighted by Gasteiger charge is 2.25. The molecule has 176 valence electrons. The molecule has 2 aliphatic rings. The van der Waals surface area contributed by atoms with Crippen LogP contribution in [-0.2, 0) is 24.9 Å². The molecule has 1 atom stereocenters. The molecule has 2 aromatic rings. The van der Waals surface area contributed by atoms with Crippen molar-refractivity contribution in [3.05, 3.63) is 53.3 Å². The number of aryl methyl sites for hydroxylation is 1. The number of aromatic nitrogens is 2. The smallest absolute Gasteiger partial charge is 0.194 e. The quantitative estimate of drug-likeness (QED) is 0.338. The number of likely N-dealkylation sites (tertiary alicyclic amines) is 1. The van der Waals surface area contributed by atoms with Gasteiger partial charge in [-0.15, -0.1) is 24.0 Å². The predicted molar refractivity (Wildman–Crippen MR) is 139 cm³/mol. The maximum atomic E-state index is 6.02. The zero-order valence-electron chi connectivity index (χ0n) is 19.4. The summed E-state index contributed by atoms with van der Waals surface area (Å²) < 4.78 is 7.85. The zero-order chi connectivity index (χ0) is 21.5. The van der Waals surface area contributed by atoms with Crippen LogP contribution in [0.1, 0.15) is 49.0 Å². The lowest BCUT2D eigenvalue weighted by Gasteiger charge is -2.35. The van der Waals surface area contributed by atoms with E-state index < -0.39 is 0 Å². The Kier molecular flexibility index (Phi) is 9.80. The van der Waals surface area contributed by atoms with Gasteiger partial charge in [-0.25, -0.2) is 4.99 Å². The average molecular weight is 553 g/mol. The van der Waals surface area contributed by atoms with Crippen molar-refractivity contribution in [2.75, 3.05) is 39.3 Å². The van der Waals surface area contributed by atoms with Crippen LogP contribution in [0.3, 0.4) is 0 Å². The summed E-state index contributed by atoms with van der Waals surface area (Å²) >= 11 is 0. The molecule has 2 fully saturated rings. The highest BCUT2D eigenvalue weighted by Crippen LogP contribution is 2.22. The molecule has 0 amide bonds. The molecule has 8 heteroatoms. The summed E-state index contributed by atoms with van der Waals surface area (Å²) in [7, 11) is 1.94. The van der Waals surface area contributed by atoms with Gasteiger partial charge in [0, 0.05) is 38.4 Å². The zero-order valence-corrected chi connectivity index (χ0v) is 21.7. The van der Waals surface area contributed by atoms with E-state index in [2.05, 4.69) is 51.4 Å². The normalized spacial score (nSPS) is 20.1. The first kappa shape index (κ1) is 25.0. The van der Waals surface area contributed by atoms with Crippen LogP contribution in [0.5, 0.6) is 0 Å². The molecule has 0 aliphatic carbocycles. The molecule has 7 nitrogen and oxygen atoms in total. The molecule has 2 saturated heterocycles. The number of guanidine groups is 1. The van der Waals surface area contributed by atoms with E-state index in [9.17, 15) is 0 Å². The first-order chi connectivity index (χ1) is 15.2. The van der Waals surface area contributed by atoms with E-state index in [0.717, 1.165) is 37.7 Å². The Balaban J connectivity index is 0.00000289. The molecule has 0 bridgehead atoms. The van der Waals surface area contributed by atoms with E-state index in [1.807, 2.05) is 24.1 Å². The van der Waals surface area contributed by atoms with Gasteiger partial charge in [0.1, 0.15) is 6.10 Å². The van der Waals surface area contributed by atoms with Crippen molar-refractivity contribution in [1.82, 2.24) is 24.9 Å². The molecule has 3 heterocycles. The van der Waals surface area contributed by atoms with Crippen LogP contribution >= 0.6 is 24.0 Å². The third kappa shape index (κ3) is 6.68. The van der Waals surface area contributed by atoms with E-state index in [4.69, 9.17) is 9.73 Å². The number of morpholine rings is 1. The Morgan fingerprint density at radius 1 is 1.16 bits per heavy atom. The van der Waals surface area contributed by atoms with Crippen molar-refractivity contribution in [3.63, 3.8) is 0 Å². The summed E-state index contributed by atoms with van der Waals surface area (Å²) in [6.07, 6.45) is 7.97. The van der Waals surface area contributed by atoms with Gasteiger partial charge in [0.15, 0.2) is 5.96 Å². The maximum Gasteiger partial charge on any atom is 0.194 e. The SMILES string of the molecule is CCNC(=NCc1ccccc1CN1CCCCC1)N1CCOC(c2cnn(C)c2)C1.I. The molecule has 32 heavy (non-hydrogen) atoms. The standard InChI is InChI=1S/C24H36N6O.HI/c1-3-25-24(30-13-14-31-23(19-30)22-16-27-28(2)17-22)26-15-20-9-5-6-10-21(20)18-29-11-7-4-8-12-29;/h5-6,9-10,16-17,23H,3-4,7-8,11-15,18-19H2,1-2H3,(H,25,26);1H. The molecule has 0 spiro atoms. The van der Waals surface area contributed by atoms with Gasteiger partial charge >= 0.3 is 0 Å². The lowest BCUT2D eigenvalue weighted by atomic mass is 10.1. The summed E-state index contributed by atoms with van der Waals surface area (Å²) in [5, 5.41) is 7.79. The molecule has 1 aromatic carbocycles. The van der Waals surface area contributed by atoms with E-state index in [1.54, 1.807) is 0 Å². The van der Waals surface area contributed by atoms with Crippen LogP contribution in [-0.4, -0.2) is 64.9 Å². The van der Waals surface area contributed by atoms with Gasteiger partial charge in [0.2, 0.25) is 0 Å². The summed E-state index contributed by atoms with van der Waals surface area (Å²) in [6, 6.07) is 8.77. The molecule has 0 radical (unpaired) electrons. The molecular formula is C24H37IN6O. The maximum absolute atomic E-state index is 6.02. The van der Waals surface area contributed by atoms with Gasteiger partial charge in [-0.1, -0.05) is 30.7 Å². The average Bonchev–Trinajstić information content (AvgIpc) is 3.25. The second-order valence-corrected chi connectivity index (χ2v) is 8.53. The minimum absolute atomic E-state index is 0. The summed E-state index contributed by atoms with van der Waals surface area (Å²) in [5.74, 6) is 0.965. The molecule has 2 aliphatic heterocycles. The lowest BCUT2D eigenvalue weighted by Crippen LogP contribution is -2.48. The van der Waals surface area contributed by atoms with E-state index >= 15 is 0 Å². The summed E-state index contributed by atoms with van der Waals surface area (Å²) in [6.45, 7) is 9.44. The van der Waals surface area contributed by atoms with E-state index in [-0.39, 0.29) is 30.1 Å². The summed E-state index contributed by atoms with van der Waals surface area (Å²) in [4.78, 5) is 9.93. The molecule has 1 aromatic heterocycles. The number of halogens is 1. The van der Waals surface area contributed by atoms with E-state index in [1.165, 1.54) is 43.5 Å². The monoisotopic (exact) mass is 552 g/mol. The van der Waals surface area contributed by atoms with Gasteiger partial charge in [-0.3, -0.25) is 9.58 Å². The van der Waals surface area contributed by atoms with Crippen LogP contribution in [0.15, 0.2) is 41.7 Å². The van der Waals surface area contributed by atoms with Crippen LogP contribution in [0, 0.1) is 0 Å². The number of nitrogens with one attached hydrogen (secondary N) is 1. The fourth-order valence-electron chi connectivity index (χ4n) is 4.46. The van der Waals surface area contributed by atoms with Crippen LogP contribution in [0.2, 0.25) is 0 Å². The van der Waals surface area contributed by atoms with Gasteiger partial charge in [0.05, 0.1) is 25.9 Å². The van der Waals surface area contributed by atoms with Crippen LogP contribution < -0.4 is 5.32 Å². The lowest BCUT2D eigenvalue weighted by molar-refractivity contribution is -0.00805. The second kappa shape index (κ2) is 12.6. The Morgan fingerprint density at radius 2 is 1.94 bits per heavy atom. The molecule has 0 saturated carbocycles. The van der Waals surface area contributed by atoms with Gasteiger partial charge in [-0.2, -0.15) is 5.10 Å². The van der Waals surface area contributed by atoms with Crippen molar-refractivity contribution in [3.8, 4) is 0 Å². The Labute approximate surface area is 209 Å². The number of ether oxygens (including phenoxy) is 1. The number of piperidine rings is 1.